The number of benzene rings is 4. The van der Waals surface area contributed by atoms with Gasteiger partial charge in [-0.25, -0.2) is 4.98 Å². The summed E-state index contributed by atoms with van der Waals surface area (Å²) in [6.07, 6.45) is 6.19. The summed E-state index contributed by atoms with van der Waals surface area (Å²) in [5.41, 5.74) is 8.24. The minimum absolute atomic E-state index is 0.148. The second kappa shape index (κ2) is 12.8. The molecule has 2 aliphatic heterocycles. The number of ether oxygens (including phenoxy) is 3. The molecule has 5 aromatic rings. The zero-order valence-corrected chi connectivity index (χ0v) is 25.2. The van der Waals surface area contributed by atoms with Crippen molar-refractivity contribution in [3.8, 4) is 22.6 Å². The third-order valence-corrected chi connectivity index (χ3v) is 8.27. The van der Waals surface area contributed by atoms with E-state index in [1.165, 1.54) is 5.69 Å². The maximum absolute atomic E-state index is 13.3. The van der Waals surface area contributed by atoms with Crippen LogP contribution in [0.25, 0.3) is 11.1 Å². The standard InChI is InChI=1S/C36H35N5O4/c1-43-35-22-27(3-4-28(35)23-40-14-13-37-24-40)26-5-10-31-33(21-26)38-32-11-2-25(20-34(32)39-36(31)42)12-17-45-30-8-6-29(7-9-30)41-15-18-44-19-16-41/h2-11,13-14,20-22,24,38H,12,15-19,23H2,1H3,(H,39,42). The predicted octanol–water partition coefficient (Wildman–Crippen LogP) is 6.37. The third kappa shape index (κ3) is 6.34. The number of imidazole rings is 1. The number of fused-ring (bicyclic) bond motifs is 2. The van der Waals surface area contributed by atoms with Crippen LogP contribution in [-0.2, 0) is 17.7 Å². The molecule has 4 aromatic carbocycles. The fourth-order valence-corrected chi connectivity index (χ4v) is 5.81. The number of carbonyl (C=O) groups excluding carboxylic acids is 1. The lowest BCUT2D eigenvalue weighted by molar-refractivity contribution is 0.102. The molecule has 9 nitrogen and oxygen atoms in total. The molecule has 0 radical (unpaired) electrons. The molecule has 45 heavy (non-hydrogen) atoms. The highest BCUT2D eigenvalue weighted by Crippen LogP contribution is 2.36. The summed E-state index contributed by atoms with van der Waals surface area (Å²) in [6.45, 7) is 4.55. The van der Waals surface area contributed by atoms with E-state index in [9.17, 15) is 4.79 Å². The number of methoxy groups -OCH3 is 1. The molecule has 1 amide bonds. The largest absolute Gasteiger partial charge is 0.496 e. The summed E-state index contributed by atoms with van der Waals surface area (Å²) >= 11 is 0. The van der Waals surface area contributed by atoms with Crippen LogP contribution in [0.3, 0.4) is 0 Å². The van der Waals surface area contributed by atoms with Gasteiger partial charge in [-0.05, 0) is 71.3 Å². The van der Waals surface area contributed by atoms with Gasteiger partial charge in [-0.3, -0.25) is 4.79 Å². The smallest absolute Gasteiger partial charge is 0.257 e. The first-order valence-electron chi connectivity index (χ1n) is 15.2. The molecule has 0 unspecified atom stereocenters. The Bertz CT molecular complexity index is 1800. The molecule has 0 aliphatic carbocycles. The molecule has 1 fully saturated rings. The van der Waals surface area contributed by atoms with Crippen molar-refractivity contribution in [3.63, 3.8) is 0 Å². The highest BCUT2D eigenvalue weighted by Gasteiger charge is 2.20. The van der Waals surface area contributed by atoms with E-state index in [-0.39, 0.29) is 5.91 Å². The average molecular weight is 602 g/mol. The Morgan fingerprint density at radius 1 is 0.867 bits per heavy atom. The highest BCUT2D eigenvalue weighted by atomic mass is 16.5. The Morgan fingerprint density at radius 2 is 1.69 bits per heavy atom. The monoisotopic (exact) mass is 601 g/mol. The van der Waals surface area contributed by atoms with Crippen LogP contribution in [-0.4, -0.2) is 55.5 Å². The number of amides is 1. The van der Waals surface area contributed by atoms with Crippen molar-refractivity contribution in [1.82, 2.24) is 9.55 Å². The molecule has 3 heterocycles. The van der Waals surface area contributed by atoms with E-state index in [4.69, 9.17) is 14.2 Å². The van der Waals surface area contributed by atoms with Crippen LogP contribution in [0.4, 0.5) is 22.7 Å². The summed E-state index contributed by atoms with van der Waals surface area (Å²) < 4.78 is 19.2. The van der Waals surface area contributed by atoms with Crippen LogP contribution in [0.1, 0.15) is 21.5 Å². The number of morpholine rings is 1. The summed E-state index contributed by atoms with van der Waals surface area (Å²) in [5.74, 6) is 1.49. The van der Waals surface area contributed by atoms with Crippen molar-refractivity contribution in [1.29, 1.82) is 0 Å². The van der Waals surface area contributed by atoms with Gasteiger partial charge in [0.25, 0.3) is 5.91 Å². The summed E-state index contributed by atoms with van der Waals surface area (Å²) in [4.78, 5) is 19.7. The SMILES string of the molecule is COc1cc(-c2ccc3c(c2)Nc2ccc(CCOc4ccc(N5CCOCC5)cc4)cc2NC3=O)ccc1Cn1ccnc1. The van der Waals surface area contributed by atoms with Gasteiger partial charge < -0.3 is 34.3 Å². The van der Waals surface area contributed by atoms with E-state index in [1.54, 1.807) is 19.6 Å². The van der Waals surface area contributed by atoms with Crippen molar-refractivity contribution in [2.24, 2.45) is 0 Å². The zero-order valence-electron chi connectivity index (χ0n) is 25.2. The van der Waals surface area contributed by atoms with E-state index in [0.717, 1.165) is 77.1 Å². The molecule has 9 heteroatoms. The topological polar surface area (TPSA) is 89.9 Å². The lowest BCUT2D eigenvalue weighted by atomic mass is 10.00. The van der Waals surface area contributed by atoms with Crippen molar-refractivity contribution < 1.29 is 19.0 Å². The van der Waals surface area contributed by atoms with Crippen LogP contribution in [0.5, 0.6) is 11.5 Å². The molecule has 228 valence electrons. The van der Waals surface area contributed by atoms with E-state index >= 15 is 0 Å². The normalized spacial score (nSPS) is 14.1. The molecular weight excluding hydrogens is 566 g/mol. The number of rotatable bonds is 9. The summed E-state index contributed by atoms with van der Waals surface area (Å²) in [7, 11) is 1.68. The van der Waals surface area contributed by atoms with Crippen molar-refractivity contribution in [3.05, 3.63) is 114 Å². The molecule has 2 aliphatic rings. The lowest BCUT2D eigenvalue weighted by Gasteiger charge is -2.28. The second-order valence-corrected chi connectivity index (χ2v) is 11.2. The fourth-order valence-electron chi connectivity index (χ4n) is 5.81. The molecule has 1 aromatic heterocycles. The first kappa shape index (κ1) is 28.5. The second-order valence-electron chi connectivity index (χ2n) is 11.2. The van der Waals surface area contributed by atoms with Gasteiger partial charge >= 0.3 is 0 Å². The van der Waals surface area contributed by atoms with Crippen LogP contribution < -0.4 is 25.0 Å². The van der Waals surface area contributed by atoms with E-state index in [0.29, 0.717) is 25.1 Å². The van der Waals surface area contributed by atoms with Gasteiger partial charge in [0.1, 0.15) is 11.5 Å². The Morgan fingerprint density at radius 3 is 2.49 bits per heavy atom. The van der Waals surface area contributed by atoms with E-state index in [1.807, 2.05) is 59.3 Å². The molecular formula is C36H35N5O4. The van der Waals surface area contributed by atoms with Crippen molar-refractivity contribution in [2.75, 3.05) is 55.6 Å². The molecule has 0 atom stereocenters. The first-order valence-corrected chi connectivity index (χ1v) is 15.2. The number of nitrogens with zero attached hydrogens (tertiary/aromatic N) is 3. The molecule has 0 bridgehead atoms. The lowest BCUT2D eigenvalue weighted by Crippen LogP contribution is -2.36. The minimum Gasteiger partial charge on any atom is -0.496 e. The van der Waals surface area contributed by atoms with Crippen LogP contribution >= 0.6 is 0 Å². The van der Waals surface area contributed by atoms with Gasteiger partial charge in [-0.2, -0.15) is 0 Å². The highest BCUT2D eigenvalue weighted by molar-refractivity contribution is 6.12. The maximum atomic E-state index is 13.3. The fraction of sp³-hybridized carbons (Fsp3) is 0.222. The van der Waals surface area contributed by atoms with E-state index < -0.39 is 0 Å². The minimum atomic E-state index is -0.148. The van der Waals surface area contributed by atoms with Crippen LogP contribution in [0.2, 0.25) is 0 Å². The number of aromatic nitrogens is 2. The Labute approximate surface area is 262 Å². The Balaban J connectivity index is 1.02. The number of nitrogens with one attached hydrogen (secondary N) is 2. The zero-order chi connectivity index (χ0) is 30.6. The predicted molar refractivity (Wildman–Crippen MR) is 176 cm³/mol. The molecule has 7 rings (SSSR count). The van der Waals surface area contributed by atoms with Gasteiger partial charge in [0.05, 0.1) is 62.4 Å². The Kier molecular flexibility index (Phi) is 8.07. The van der Waals surface area contributed by atoms with Crippen LogP contribution in [0, 0.1) is 0 Å². The third-order valence-electron chi connectivity index (χ3n) is 8.27. The summed E-state index contributed by atoms with van der Waals surface area (Å²) in [5, 5.41) is 6.57. The van der Waals surface area contributed by atoms with Gasteiger partial charge in [0, 0.05) is 43.2 Å². The van der Waals surface area contributed by atoms with Crippen LogP contribution in [0.15, 0.2) is 97.6 Å². The first-order chi connectivity index (χ1) is 22.1. The van der Waals surface area contributed by atoms with E-state index in [2.05, 4.69) is 50.8 Å². The number of anilines is 4. The van der Waals surface area contributed by atoms with Crippen molar-refractivity contribution >= 4 is 28.7 Å². The summed E-state index contributed by atoms with van der Waals surface area (Å²) in [6, 6.07) is 26.4. The number of hydrogen-bond donors (Lipinski definition) is 2. The van der Waals surface area contributed by atoms with Gasteiger partial charge in [0.15, 0.2) is 0 Å². The van der Waals surface area contributed by atoms with Gasteiger partial charge in [0.2, 0.25) is 0 Å². The van der Waals surface area contributed by atoms with Crippen molar-refractivity contribution in [2.45, 2.75) is 13.0 Å². The molecule has 0 spiro atoms. The quantitative estimate of drug-likeness (QED) is 0.203. The van der Waals surface area contributed by atoms with Gasteiger partial charge in [-0.1, -0.05) is 24.3 Å². The number of hydrogen-bond acceptors (Lipinski definition) is 7. The average Bonchev–Trinajstić information content (AvgIpc) is 3.55. The Hall–Kier alpha value is -5.28. The molecule has 0 saturated carbocycles. The molecule has 2 N–H and O–H groups in total. The van der Waals surface area contributed by atoms with Gasteiger partial charge in [-0.15, -0.1) is 0 Å². The molecule has 1 saturated heterocycles. The maximum Gasteiger partial charge on any atom is 0.257 e. The number of carbonyl (C=O) groups is 1.